The number of hydrogen-bond acceptors (Lipinski definition) is 3. The minimum atomic E-state index is 0.824. The fourth-order valence-corrected chi connectivity index (χ4v) is 2.71. The van der Waals surface area contributed by atoms with E-state index in [-0.39, 0.29) is 0 Å². The van der Waals surface area contributed by atoms with E-state index in [4.69, 9.17) is 5.73 Å². The summed E-state index contributed by atoms with van der Waals surface area (Å²) in [5.74, 6) is 0. The summed E-state index contributed by atoms with van der Waals surface area (Å²) < 4.78 is 0. The number of aliphatic imine (C=N–C) groups is 1. The van der Waals surface area contributed by atoms with E-state index >= 15 is 0 Å². The maximum absolute atomic E-state index is 5.96. The van der Waals surface area contributed by atoms with Crippen LogP contribution in [0.25, 0.3) is 0 Å². The van der Waals surface area contributed by atoms with Crippen molar-refractivity contribution in [3.63, 3.8) is 0 Å². The molecule has 0 fully saturated rings. The summed E-state index contributed by atoms with van der Waals surface area (Å²) in [7, 11) is 0. The Hall–Kier alpha value is -1.74. The van der Waals surface area contributed by atoms with E-state index < -0.39 is 0 Å². The molecular formula is C14H12N2S. The Labute approximate surface area is 105 Å². The average molecular weight is 240 g/mol. The van der Waals surface area contributed by atoms with Crippen LogP contribution in [-0.4, -0.2) is 12.3 Å². The molecule has 1 aliphatic heterocycles. The highest BCUT2D eigenvalue weighted by molar-refractivity contribution is 7.99. The number of para-hydroxylation sites is 1. The van der Waals surface area contributed by atoms with Crippen LogP contribution in [-0.2, 0) is 0 Å². The molecule has 2 aromatic rings. The predicted octanol–water partition coefficient (Wildman–Crippen LogP) is 3.22. The van der Waals surface area contributed by atoms with Crippen LogP contribution in [0, 0.1) is 0 Å². The zero-order valence-electron chi connectivity index (χ0n) is 9.26. The molecule has 3 heteroatoms. The van der Waals surface area contributed by atoms with Crippen LogP contribution in [0.4, 0.5) is 5.69 Å². The van der Waals surface area contributed by atoms with Gasteiger partial charge in [-0.2, -0.15) is 0 Å². The smallest absolute Gasteiger partial charge is 0.0818 e. The summed E-state index contributed by atoms with van der Waals surface area (Å²) >= 11 is 1.70. The van der Waals surface area contributed by atoms with Gasteiger partial charge in [0.25, 0.3) is 0 Å². The van der Waals surface area contributed by atoms with Gasteiger partial charge in [0, 0.05) is 21.0 Å². The standard InChI is InChI=1S/C14H12N2S/c15-11-6-2-4-8-14(11)17-13-7-3-1-5-10(13)12-9-16-12/h1-8H,9,15H2. The minimum Gasteiger partial charge on any atom is -0.398 e. The molecule has 0 spiro atoms. The number of rotatable bonds is 3. The van der Waals surface area contributed by atoms with Crippen molar-refractivity contribution in [1.82, 2.24) is 0 Å². The fourth-order valence-electron chi connectivity index (χ4n) is 1.70. The summed E-state index contributed by atoms with van der Waals surface area (Å²) in [5.41, 5.74) is 9.22. The fraction of sp³-hybridized carbons (Fsp3) is 0.0714. The first kappa shape index (κ1) is 10.4. The van der Waals surface area contributed by atoms with Gasteiger partial charge in [0.15, 0.2) is 0 Å². The third-order valence-electron chi connectivity index (χ3n) is 2.65. The molecule has 0 atom stereocenters. The summed E-state index contributed by atoms with van der Waals surface area (Å²) in [5, 5.41) is 0. The van der Waals surface area contributed by atoms with Crippen LogP contribution < -0.4 is 5.73 Å². The van der Waals surface area contributed by atoms with Crippen LogP contribution >= 0.6 is 11.8 Å². The second-order valence-corrected chi connectivity index (χ2v) is 4.98. The van der Waals surface area contributed by atoms with Crippen molar-refractivity contribution in [2.45, 2.75) is 9.79 Å². The van der Waals surface area contributed by atoms with Crippen molar-refractivity contribution in [1.29, 1.82) is 0 Å². The summed E-state index contributed by atoms with van der Waals surface area (Å²) in [6, 6.07) is 16.3. The first-order chi connectivity index (χ1) is 8.34. The van der Waals surface area contributed by atoms with Crippen LogP contribution in [0.3, 0.4) is 0 Å². The summed E-state index contributed by atoms with van der Waals surface area (Å²) in [6.45, 7) is 0.877. The molecule has 0 amide bonds. The zero-order chi connectivity index (χ0) is 11.7. The van der Waals surface area contributed by atoms with E-state index in [2.05, 4.69) is 23.2 Å². The van der Waals surface area contributed by atoms with Gasteiger partial charge < -0.3 is 5.73 Å². The number of nitrogens with zero attached hydrogens (tertiary/aromatic N) is 1. The molecule has 1 aliphatic rings. The molecule has 17 heavy (non-hydrogen) atoms. The molecule has 0 unspecified atom stereocenters. The van der Waals surface area contributed by atoms with Gasteiger partial charge in [-0.05, 0) is 18.2 Å². The Kier molecular flexibility index (Phi) is 2.61. The molecule has 3 rings (SSSR count). The Morgan fingerprint density at radius 1 is 0.941 bits per heavy atom. The normalized spacial score (nSPS) is 13.3. The monoisotopic (exact) mass is 240 g/mol. The van der Waals surface area contributed by atoms with Gasteiger partial charge in [0.05, 0.1) is 12.3 Å². The molecular weight excluding hydrogens is 228 g/mol. The van der Waals surface area contributed by atoms with Gasteiger partial charge in [0.2, 0.25) is 0 Å². The van der Waals surface area contributed by atoms with Crippen LogP contribution in [0.5, 0.6) is 0 Å². The maximum Gasteiger partial charge on any atom is 0.0818 e. The third-order valence-corrected chi connectivity index (χ3v) is 3.82. The van der Waals surface area contributed by atoms with E-state index in [1.807, 2.05) is 30.3 Å². The molecule has 2 N–H and O–H groups in total. The van der Waals surface area contributed by atoms with E-state index in [1.165, 1.54) is 16.2 Å². The van der Waals surface area contributed by atoms with E-state index in [0.29, 0.717) is 0 Å². The maximum atomic E-state index is 5.96. The SMILES string of the molecule is Nc1ccccc1Sc1ccccc1C1=NC1. The lowest BCUT2D eigenvalue weighted by molar-refractivity contribution is 1.39. The molecule has 2 aromatic carbocycles. The van der Waals surface area contributed by atoms with Crippen molar-refractivity contribution in [2.24, 2.45) is 4.99 Å². The lowest BCUT2D eigenvalue weighted by Gasteiger charge is -2.07. The molecule has 1 heterocycles. The van der Waals surface area contributed by atoms with Crippen LogP contribution in [0.15, 0.2) is 63.3 Å². The number of nitrogen functional groups attached to an aromatic ring is 1. The molecule has 0 saturated carbocycles. The lowest BCUT2D eigenvalue weighted by atomic mass is 10.2. The number of hydrogen-bond donors (Lipinski definition) is 1. The van der Waals surface area contributed by atoms with Gasteiger partial charge in [-0.1, -0.05) is 42.1 Å². The van der Waals surface area contributed by atoms with Gasteiger partial charge in [-0.3, -0.25) is 4.99 Å². The van der Waals surface area contributed by atoms with E-state index in [1.54, 1.807) is 11.8 Å². The molecule has 0 radical (unpaired) electrons. The summed E-state index contributed by atoms with van der Waals surface area (Å²) in [4.78, 5) is 6.59. The molecule has 2 nitrogen and oxygen atoms in total. The largest absolute Gasteiger partial charge is 0.398 e. The predicted molar refractivity (Wildman–Crippen MR) is 72.8 cm³/mol. The summed E-state index contributed by atoms with van der Waals surface area (Å²) in [6.07, 6.45) is 0. The highest BCUT2D eigenvalue weighted by Gasteiger charge is 2.16. The van der Waals surface area contributed by atoms with Gasteiger partial charge in [-0.15, -0.1) is 0 Å². The van der Waals surface area contributed by atoms with Gasteiger partial charge in [0.1, 0.15) is 0 Å². The number of anilines is 1. The number of nitrogens with two attached hydrogens (primary N) is 1. The van der Waals surface area contributed by atoms with Crippen molar-refractivity contribution in [2.75, 3.05) is 12.3 Å². The van der Waals surface area contributed by atoms with Crippen molar-refractivity contribution >= 4 is 23.2 Å². The highest BCUT2D eigenvalue weighted by Crippen LogP contribution is 2.35. The molecule has 0 aliphatic carbocycles. The zero-order valence-corrected chi connectivity index (χ0v) is 10.1. The lowest BCUT2D eigenvalue weighted by Crippen LogP contribution is -1.92. The average Bonchev–Trinajstić information content (AvgIpc) is 3.17. The molecule has 0 aromatic heterocycles. The Bertz CT molecular complexity index is 590. The number of benzene rings is 2. The second-order valence-electron chi connectivity index (χ2n) is 3.90. The first-order valence-electron chi connectivity index (χ1n) is 5.50. The van der Waals surface area contributed by atoms with Crippen molar-refractivity contribution in [3.05, 3.63) is 54.1 Å². The van der Waals surface area contributed by atoms with Crippen molar-refractivity contribution in [3.8, 4) is 0 Å². The molecule has 0 saturated heterocycles. The van der Waals surface area contributed by atoms with E-state index in [0.717, 1.165) is 17.1 Å². The molecule has 0 bridgehead atoms. The Balaban J connectivity index is 1.95. The minimum absolute atomic E-state index is 0.824. The Morgan fingerprint density at radius 2 is 1.59 bits per heavy atom. The second kappa shape index (κ2) is 4.26. The van der Waals surface area contributed by atoms with Gasteiger partial charge in [-0.25, -0.2) is 0 Å². The van der Waals surface area contributed by atoms with Crippen LogP contribution in [0.1, 0.15) is 5.56 Å². The molecule has 84 valence electrons. The highest BCUT2D eigenvalue weighted by atomic mass is 32.2. The van der Waals surface area contributed by atoms with Crippen molar-refractivity contribution < 1.29 is 0 Å². The van der Waals surface area contributed by atoms with E-state index in [9.17, 15) is 0 Å². The first-order valence-corrected chi connectivity index (χ1v) is 6.31. The quantitative estimate of drug-likeness (QED) is 0.836. The third kappa shape index (κ3) is 2.19. The van der Waals surface area contributed by atoms with Crippen LogP contribution in [0.2, 0.25) is 0 Å². The van der Waals surface area contributed by atoms with Gasteiger partial charge >= 0.3 is 0 Å². The Morgan fingerprint density at radius 3 is 2.29 bits per heavy atom. The topological polar surface area (TPSA) is 38.4 Å².